The zero-order chi connectivity index (χ0) is 16.2. The lowest BCUT2D eigenvalue weighted by atomic mass is 10.2. The molecule has 0 amide bonds. The molecule has 0 unspecified atom stereocenters. The van der Waals surface area contributed by atoms with Crippen LogP contribution < -0.4 is 4.72 Å². The Kier molecular flexibility index (Phi) is 6.94. The molecule has 0 aliphatic rings. The molecular formula is C14H22Cl2N2O2S. The Labute approximate surface area is 137 Å². The van der Waals surface area contributed by atoms with E-state index >= 15 is 0 Å². The van der Waals surface area contributed by atoms with Crippen LogP contribution in [0.1, 0.15) is 27.7 Å². The predicted molar refractivity (Wildman–Crippen MR) is 88.6 cm³/mol. The van der Waals surface area contributed by atoms with Crippen molar-refractivity contribution in [3.8, 4) is 0 Å². The lowest BCUT2D eigenvalue weighted by Crippen LogP contribution is -2.42. The number of hydrogen-bond acceptors (Lipinski definition) is 3. The molecule has 0 bridgehead atoms. The normalized spacial score (nSPS) is 12.6. The van der Waals surface area contributed by atoms with Crippen LogP contribution in [0.3, 0.4) is 0 Å². The first-order valence-electron chi connectivity index (χ1n) is 6.86. The van der Waals surface area contributed by atoms with Crippen molar-refractivity contribution in [2.24, 2.45) is 0 Å². The van der Waals surface area contributed by atoms with E-state index in [1.165, 1.54) is 6.07 Å². The van der Waals surface area contributed by atoms with Gasteiger partial charge in [0.15, 0.2) is 0 Å². The molecule has 0 fully saturated rings. The highest BCUT2D eigenvalue weighted by molar-refractivity contribution is 7.89. The average molecular weight is 353 g/mol. The number of halogens is 2. The highest BCUT2D eigenvalue weighted by atomic mass is 35.5. The standard InChI is InChI=1S/C14H22Cl2N2O2S/c1-10(2)18(11(3)4)9-8-17-21(19,20)13-7-5-6-12(15)14(13)16/h5-7,10-11,17H,8-9H2,1-4H3. The van der Waals surface area contributed by atoms with E-state index in [0.29, 0.717) is 25.2 Å². The summed E-state index contributed by atoms with van der Waals surface area (Å²) in [5.74, 6) is 0. The zero-order valence-electron chi connectivity index (χ0n) is 12.7. The summed E-state index contributed by atoms with van der Waals surface area (Å²) in [6.45, 7) is 9.30. The van der Waals surface area contributed by atoms with Crippen LogP contribution in [0.2, 0.25) is 10.0 Å². The average Bonchev–Trinajstić information content (AvgIpc) is 2.36. The summed E-state index contributed by atoms with van der Waals surface area (Å²) in [5, 5.41) is 0.279. The van der Waals surface area contributed by atoms with Gasteiger partial charge in [-0.2, -0.15) is 0 Å². The first-order valence-corrected chi connectivity index (χ1v) is 9.10. The third-order valence-corrected chi connectivity index (χ3v) is 5.63. The number of nitrogens with one attached hydrogen (secondary N) is 1. The van der Waals surface area contributed by atoms with Gasteiger partial charge in [-0.25, -0.2) is 13.1 Å². The largest absolute Gasteiger partial charge is 0.297 e. The van der Waals surface area contributed by atoms with E-state index in [4.69, 9.17) is 23.2 Å². The SMILES string of the molecule is CC(C)N(CCNS(=O)(=O)c1cccc(Cl)c1Cl)C(C)C. The number of hydrogen-bond donors (Lipinski definition) is 1. The van der Waals surface area contributed by atoms with Crippen molar-refractivity contribution in [2.75, 3.05) is 13.1 Å². The van der Waals surface area contributed by atoms with Gasteiger partial charge in [-0.3, -0.25) is 4.90 Å². The van der Waals surface area contributed by atoms with Crippen LogP contribution >= 0.6 is 23.2 Å². The van der Waals surface area contributed by atoms with Gasteiger partial charge < -0.3 is 0 Å². The molecular weight excluding hydrogens is 331 g/mol. The zero-order valence-corrected chi connectivity index (χ0v) is 15.1. The molecule has 0 aliphatic carbocycles. The highest BCUT2D eigenvalue weighted by Gasteiger charge is 2.20. The molecule has 0 spiro atoms. The molecule has 0 atom stereocenters. The first kappa shape index (κ1) is 18.7. The van der Waals surface area contributed by atoms with Crippen molar-refractivity contribution in [1.82, 2.24) is 9.62 Å². The van der Waals surface area contributed by atoms with Crippen LogP contribution in [0.25, 0.3) is 0 Å². The Morgan fingerprint density at radius 1 is 1.14 bits per heavy atom. The first-order chi connectivity index (χ1) is 9.66. The lowest BCUT2D eigenvalue weighted by molar-refractivity contribution is 0.179. The number of nitrogens with zero attached hydrogens (tertiary/aromatic N) is 1. The van der Waals surface area contributed by atoms with Gasteiger partial charge in [0.2, 0.25) is 10.0 Å². The van der Waals surface area contributed by atoms with Gasteiger partial charge in [-0.1, -0.05) is 29.3 Å². The minimum Gasteiger partial charge on any atom is -0.297 e. The van der Waals surface area contributed by atoms with Crippen LogP contribution in [0, 0.1) is 0 Å². The summed E-state index contributed by atoms with van der Waals surface area (Å²) in [6.07, 6.45) is 0. The minimum atomic E-state index is -3.65. The van der Waals surface area contributed by atoms with Gasteiger partial charge in [-0.15, -0.1) is 0 Å². The predicted octanol–water partition coefficient (Wildman–Crippen LogP) is 3.39. The van der Waals surface area contributed by atoms with Gasteiger partial charge in [0, 0.05) is 25.2 Å². The molecule has 0 aliphatic heterocycles. The van der Waals surface area contributed by atoms with Crippen LogP contribution in [0.5, 0.6) is 0 Å². The molecule has 7 heteroatoms. The summed E-state index contributed by atoms with van der Waals surface area (Å²) in [4.78, 5) is 2.22. The van der Waals surface area contributed by atoms with Gasteiger partial charge in [0.25, 0.3) is 0 Å². The molecule has 0 aromatic heterocycles. The van der Waals surface area contributed by atoms with Gasteiger partial charge in [-0.05, 0) is 39.8 Å². The van der Waals surface area contributed by atoms with E-state index in [0.717, 1.165) is 0 Å². The summed E-state index contributed by atoms with van der Waals surface area (Å²) >= 11 is 11.8. The second kappa shape index (κ2) is 7.79. The maximum absolute atomic E-state index is 12.3. The second-order valence-electron chi connectivity index (χ2n) is 5.38. The smallest absolute Gasteiger partial charge is 0.242 e. The maximum Gasteiger partial charge on any atom is 0.242 e. The van der Waals surface area contributed by atoms with Gasteiger partial charge >= 0.3 is 0 Å². The second-order valence-corrected chi connectivity index (χ2v) is 7.90. The Bertz CT molecular complexity index is 566. The molecule has 0 saturated heterocycles. The monoisotopic (exact) mass is 352 g/mol. The summed E-state index contributed by atoms with van der Waals surface area (Å²) in [5.41, 5.74) is 0. The Balaban J connectivity index is 2.76. The number of sulfonamides is 1. The molecule has 1 aromatic carbocycles. The van der Waals surface area contributed by atoms with Crippen LogP contribution in [0.4, 0.5) is 0 Å². The third-order valence-electron chi connectivity index (χ3n) is 3.19. The molecule has 1 rings (SSSR count). The minimum absolute atomic E-state index is 0.0114. The summed E-state index contributed by atoms with van der Waals surface area (Å²) in [7, 11) is -3.65. The quantitative estimate of drug-likeness (QED) is 0.817. The molecule has 1 aromatic rings. The van der Waals surface area contributed by atoms with Crippen molar-refractivity contribution in [2.45, 2.75) is 44.7 Å². The van der Waals surface area contributed by atoms with E-state index < -0.39 is 10.0 Å². The van der Waals surface area contributed by atoms with E-state index in [2.05, 4.69) is 37.3 Å². The molecule has 120 valence electrons. The fourth-order valence-corrected chi connectivity index (χ4v) is 3.97. The van der Waals surface area contributed by atoms with Crippen LogP contribution in [0.15, 0.2) is 23.1 Å². The third kappa shape index (κ3) is 5.11. The molecule has 1 N–H and O–H groups in total. The summed E-state index contributed by atoms with van der Waals surface area (Å²) in [6, 6.07) is 5.27. The van der Waals surface area contributed by atoms with E-state index in [1.807, 2.05) is 0 Å². The molecule has 4 nitrogen and oxygen atoms in total. The van der Waals surface area contributed by atoms with E-state index in [-0.39, 0.29) is 14.9 Å². The number of rotatable bonds is 7. The van der Waals surface area contributed by atoms with Crippen molar-refractivity contribution in [1.29, 1.82) is 0 Å². The lowest BCUT2D eigenvalue weighted by Gasteiger charge is -2.30. The fraction of sp³-hybridized carbons (Fsp3) is 0.571. The van der Waals surface area contributed by atoms with Crippen molar-refractivity contribution in [3.05, 3.63) is 28.2 Å². The van der Waals surface area contributed by atoms with Crippen molar-refractivity contribution in [3.63, 3.8) is 0 Å². The van der Waals surface area contributed by atoms with E-state index in [1.54, 1.807) is 12.1 Å². The van der Waals surface area contributed by atoms with Crippen molar-refractivity contribution >= 4 is 33.2 Å². The van der Waals surface area contributed by atoms with E-state index in [9.17, 15) is 8.42 Å². The Hall–Kier alpha value is -0.330. The molecule has 0 radical (unpaired) electrons. The highest BCUT2D eigenvalue weighted by Crippen LogP contribution is 2.28. The van der Waals surface area contributed by atoms with Crippen molar-refractivity contribution < 1.29 is 8.42 Å². The van der Waals surface area contributed by atoms with Gasteiger partial charge in [0.1, 0.15) is 4.90 Å². The van der Waals surface area contributed by atoms with Crippen LogP contribution in [-0.2, 0) is 10.0 Å². The van der Waals surface area contributed by atoms with Gasteiger partial charge in [0.05, 0.1) is 10.0 Å². The summed E-state index contributed by atoms with van der Waals surface area (Å²) < 4.78 is 27.1. The topological polar surface area (TPSA) is 49.4 Å². The van der Waals surface area contributed by atoms with Crippen LogP contribution in [-0.4, -0.2) is 38.5 Å². The number of benzene rings is 1. The Morgan fingerprint density at radius 2 is 1.71 bits per heavy atom. The Morgan fingerprint density at radius 3 is 2.24 bits per heavy atom. The molecule has 21 heavy (non-hydrogen) atoms. The fourth-order valence-electron chi connectivity index (χ4n) is 2.19. The maximum atomic E-state index is 12.3. The molecule has 0 heterocycles. The molecule has 0 saturated carbocycles.